The molecule has 1 N–H and O–H groups in total. The van der Waals surface area contributed by atoms with Crippen molar-refractivity contribution >= 4 is 21.8 Å². The highest BCUT2D eigenvalue weighted by molar-refractivity contribution is 9.10. The Bertz CT molecular complexity index is 1390. The lowest BCUT2D eigenvalue weighted by molar-refractivity contribution is 0.0918. The van der Waals surface area contributed by atoms with Crippen LogP contribution in [0.15, 0.2) is 69.8 Å². The molecule has 0 fully saturated rings. The summed E-state index contributed by atoms with van der Waals surface area (Å²) in [5, 5.41) is 2.56. The normalized spacial score (nSPS) is 11.1. The molecule has 0 aliphatic carbocycles. The van der Waals surface area contributed by atoms with Crippen LogP contribution in [0.3, 0.4) is 0 Å². The van der Waals surface area contributed by atoms with E-state index in [1.54, 1.807) is 7.05 Å². The Morgan fingerprint density at radius 1 is 1.03 bits per heavy atom. The summed E-state index contributed by atoms with van der Waals surface area (Å²) >= 11 is 3.34. The molecule has 4 aromatic rings. The average molecular weight is 570 g/mol. The van der Waals surface area contributed by atoms with Crippen LogP contribution in [0.1, 0.15) is 32.9 Å². The molecule has 0 unspecified atom stereocenters. The predicted octanol–water partition coefficient (Wildman–Crippen LogP) is 6.40. The number of ether oxygens (including phenoxy) is 1. The van der Waals surface area contributed by atoms with Gasteiger partial charge in [-0.05, 0) is 54.5 Å². The summed E-state index contributed by atoms with van der Waals surface area (Å²) in [5.74, 6) is -3.05. The van der Waals surface area contributed by atoms with Crippen molar-refractivity contribution in [3.8, 4) is 17.0 Å². The van der Waals surface area contributed by atoms with Crippen LogP contribution in [-0.2, 0) is 13.2 Å². The van der Waals surface area contributed by atoms with Crippen LogP contribution in [0.25, 0.3) is 11.3 Å². The smallest absolute Gasteiger partial charge is 0.258 e. The molecule has 3 aromatic carbocycles. The molecule has 0 atom stereocenters. The van der Waals surface area contributed by atoms with Gasteiger partial charge in [0.1, 0.15) is 17.1 Å². The fraction of sp³-hybridized carbons (Fsp3) is 0.214. The standard InChI is InChI=1S/C28H26BrF2N3O3/c1-17-4-8-19(9-5-17)14-34(3)16-32-28(35)24-21(30)12-13-22(25(24)31)36-15-23-33-26(27(29)37-23)20-10-6-18(2)7-11-20/h4-13H,14-16H2,1-3H3,(H,32,35). The number of benzene rings is 3. The first-order chi connectivity index (χ1) is 17.7. The highest BCUT2D eigenvalue weighted by atomic mass is 79.9. The molecule has 9 heteroatoms. The summed E-state index contributed by atoms with van der Waals surface area (Å²) in [4.78, 5) is 18.9. The van der Waals surface area contributed by atoms with Crippen LogP contribution in [0.4, 0.5) is 8.78 Å². The zero-order valence-electron chi connectivity index (χ0n) is 20.6. The second-order valence-electron chi connectivity index (χ2n) is 8.78. The van der Waals surface area contributed by atoms with E-state index in [4.69, 9.17) is 9.15 Å². The Morgan fingerprint density at radius 2 is 1.68 bits per heavy atom. The van der Waals surface area contributed by atoms with Gasteiger partial charge in [-0.2, -0.15) is 0 Å². The van der Waals surface area contributed by atoms with E-state index in [9.17, 15) is 9.18 Å². The SMILES string of the molecule is Cc1ccc(CN(C)CNC(=O)c2c(F)ccc(OCc3nc(-c4ccc(C)cc4)c(Br)o3)c2F)cc1. The number of oxazole rings is 1. The number of halogens is 3. The van der Waals surface area contributed by atoms with E-state index in [1.807, 2.05) is 67.3 Å². The maximum atomic E-state index is 15.1. The highest BCUT2D eigenvalue weighted by Gasteiger charge is 2.22. The third kappa shape index (κ3) is 6.61. The van der Waals surface area contributed by atoms with Gasteiger partial charge in [-0.25, -0.2) is 13.8 Å². The molecule has 4 rings (SSSR count). The molecular weight excluding hydrogens is 544 g/mol. The maximum absolute atomic E-state index is 15.1. The molecule has 192 valence electrons. The highest BCUT2D eigenvalue weighted by Crippen LogP contribution is 2.30. The minimum atomic E-state index is -1.09. The van der Waals surface area contributed by atoms with Gasteiger partial charge in [-0.3, -0.25) is 9.69 Å². The van der Waals surface area contributed by atoms with E-state index < -0.39 is 23.1 Å². The van der Waals surface area contributed by atoms with Gasteiger partial charge in [-0.1, -0.05) is 59.7 Å². The number of aromatic nitrogens is 1. The summed E-state index contributed by atoms with van der Waals surface area (Å²) in [7, 11) is 1.80. The van der Waals surface area contributed by atoms with Crippen molar-refractivity contribution in [2.75, 3.05) is 13.7 Å². The van der Waals surface area contributed by atoms with Gasteiger partial charge >= 0.3 is 0 Å². The Morgan fingerprint density at radius 3 is 2.35 bits per heavy atom. The van der Waals surface area contributed by atoms with Gasteiger partial charge in [0.05, 0.1) is 6.67 Å². The first-order valence-electron chi connectivity index (χ1n) is 11.6. The number of hydrogen-bond donors (Lipinski definition) is 1. The summed E-state index contributed by atoms with van der Waals surface area (Å²) < 4.78 is 41.0. The third-order valence-corrected chi connectivity index (χ3v) is 6.21. The minimum Gasteiger partial charge on any atom is -0.481 e. The lowest BCUT2D eigenvalue weighted by Gasteiger charge is -2.18. The number of rotatable bonds is 9. The van der Waals surface area contributed by atoms with Crippen LogP contribution in [-0.4, -0.2) is 29.5 Å². The molecule has 1 heterocycles. The molecule has 0 aliphatic rings. The van der Waals surface area contributed by atoms with Crippen molar-refractivity contribution in [2.24, 2.45) is 0 Å². The van der Waals surface area contributed by atoms with Crippen LogP contribution in [0.5, 0.6) is 5.75 Å². The molecule has 1 aromatic heterocycles. The first kappa shape index (κ1) is 26.5. The fourth-order valence-corrected chi connectivity index (χ4v) is 4.15. The average Bonchev–Trinajstić information content (AvgIpc) is 3.24. The second kappa shape index (κ2) is 11.7. The van der Waals surface area contributed by atoms with Gasteiger partial charge < -0.3 is 14.5 Å². The van der Waals surface area contributed by atoms with Crippen molar-refractivity contribution in [3.63, 3.8) is 0 Å². The van der Waals surface area contributed by atoms with Gasteiger partial charge in [0.15, 0.2) is 22.8 Å². The van der Waals surface area contributed by atoms with Gasteiger partial charge in [0.2, 0.25) is 5.89 Å². The van der Waals surface area contributed by atoms with Crippen LogP contribution in [0, 0.1) is 25.5 Å². The first-order valence-corrected chi connectivity index (χ1v) is 12.4. The van der Waals surface area contributed by atoms with E-state index in [0.717, 1.165) is 34.4 Å². The zero-order chi connectivity index (χ0) is 26.5. The van der Waals surface area contributed by atoms with E-state index in [2.05, 4.69) is 26.2 Å². The Kier molecular flexibility index (Phi) is 8.35. The van der Waals surface area contributed by atoms with E-state index in [1.165, 1.54) is 0 Å². The number of nitrogens with one attached hydrogen (secondary N) is 1. The summed E-state index contributed by atoms with van der Waals surface area (Å²) in [6.07, 6.45) is 0. The monoisotopic (exact) mass is 569 g/mol. The molecular formula is C28H26BrF2N3O3. The fourth-order valence-electron chi connectivity index (χ4n) is 3.64. The summed E-state index contributed by atoms with van der Waals surface area (Å²) in [5.41, 5.74) is 4.01. The summed E-state index contributed by atoms with van der Waals surface area (Å²) in [6, 6.07) is 17.8. The zero-order valence-corrected chi connectivity index (χ0v) is 22.2. The molecule has 0 spiro atoms. The van der Waals surface area contributed by atoms with Gasteiger partial charge in [0.25, 0.3) is 5.91 Å². The third-order valence-electron chi connectivity index (χ3n) is 5.67. The molecule has 6 nitrogen and oxygen atoms in total. The Labute approximate surface area is 222 Å². The van der Waals surface area contributed by atoms with Crippen LogP contribution >= 0.6 is 15.9 Å². The molecule has 0 radical (unpaired) electrons. The lowest BCUT2D eigenvalue weighted by atomic mass is 10.1. The number of hydrogen-bond acceptors (Lipinski definition) is 5. The number of carbonyl (C=O) groups is 1. The Hall–Kier alpha value is -3.56. The largest absolute Gasteiger partial charge is 0.481 e. The lowest BCUT2D eigenvalue weighted by Crippen LogP contribution is -2.35. The molecule has 0 saturated heterocycles. The van der Waals surface area contributed by atoms with Crippen molar-refractivity contribution in [2.45, 2.75) is 27.0 Å². The van der Waals surface area contributed by atoms with E-state index in [0.29, 0.717) is 16.9 Å². The van der Waals surface area contributed by atoms with E-state index in [-0.39, 0.29) is 24.9 Å². The van der Waals surface area contributed by atoms with Crippen LogP contribution in [0.2, 0.25) is 0 Å². The van der Waals surface area contributed by atoms with Gasteiger partial charge in [0, 0.05) is 12.1 Å². The molecule has 0 bridgehead atoms. The van der Waals surface area contributed by atoms with Crippen LogP contribution < -0.4 is 10.1 Å². The number of aryl methyl sites for hydroxylation is 2. The van der Waals surface area contributed by atoms with E-state index >= 15 is 4.39 Å². The second-order valence-corrected chi connectivity index (χ2v) is 9.50. The molecule has 0 aliphatic heterocycles. The maximum Gasteiger partial charge on any atom is 0.258 e. The Balaban J connectivity index is 1.40. The summed E-state index contributed by atoms with van der Waals surface area (Å²) in [6.45, 7) is 4.43. The van der Waals surface area contributed by atoms with Gasteiger partial charge in [-0.15, -0.1) is 0 Å². The quantitative estimate of drug-likeness (QED) is 0.236. The molecule has 1 amide bonds. The number of amides is 1. The topological polar surface area (TPSA) is 67.6 Å². The minimum absolute atomic E-state index is 0.100. The number of carbonyl (C=O) groups excluding carboxylic acids is 1. The predicted molar refractivity (Wildman–Crippen MR) is 140 cm³/mol. The van der Waals surface area contributed by atoms with Crippen molar-refractivity contribution in [1.82, 2.24) is 15.2 Å². The molecule has 37 heavy (non-hydrogen) atoms. The van der Waals surface area contributed by atoms with Crippen molar-refractivity contribution in [1.29, 1.82) is 0 Å². The number of nitrogens with zero attached hydrogens (tertiary/aromatic N) is 2. The van der Waals surface area contributed by atoms with Crippen molar-refractivity contribution < 1.29 is 22.7 Å². The molecule has 0 saturated carbocycles. The van der Waals surface area contributed by atoms with Crippen molar-refractivity contribution in [3.05, 3.63) is 105 Å².